The van der Waals surface area contributed by atoms with E-state index in [4.69, 9.17) is 4.84 Å². The number of amides is 1. The molecule has 1 heterocycles. The summed E-state index contributed by atoms with van der Waals surface area (Å²) in [7, 11) is 2.97. The minimum Gasteiger partial charge on any atom is -0.508 e. The van der Waals surface area contributed by atoms with Crippen LogP contribution in [0.1, 0.15) is 15.9 Å². The molecule has 2 rings (SSSR count). The Morgan fingerprint density at radius 3 is 2.74 bits per heavy atom. The summed E-state index contributed by atoms with van der Waals surface area (Å²) in [6.07, 6.45) is 3.16. The van der Waals surface area contributed by atoms with Gasteiger partial charge in [-0.3, -0.25) is 14.3 Å². The molecule has 0 unspecified atom stereocenters. The second kappa shape index (κ2) is 5.53. The third-order valence-electron chi connectivity index (χ3n) is 2.72. The SMILES string of the molecule is CON(C)C(=O)c1cnn(Cc2ccc(O)cc2)c1. The molecule has 0 aliphatic carbocycles. The molecule has 100 valence electrons. The lowest BCUT2D eigenvalue weighted by Gasteiger charge is -2.11. The van der Waals surface area contributed by atoms with Gasteiger partial charge in [0.25, 0.3) is 5.91 Å². The number of benzene rings is 1. The van der Waals surface area contributed by atoms with Crippen molar-refractivity contribution in [2.75, 3.05) is 14.2 Å². The first-order chi connectivity index (χ1) is 9.10. The molecule has 1 amide bonds. The smallest absolute Gasteiger partial charge is 0.280 e. The summed E-state index contributed by atoms with van der Waals surface area (Å²) in [5, 5.41) is 14.5. The van der Waals surface area contributed by atoms with Crippen molar-refractivity contribution in [1.29, 1.82) is 0 Å². The fourth-order valence-electron chi connectivity index (χ4n) is 1.61. The van der Waals surface area contributed by atoms with Gasteiger partial charge in [0.1, 0.15) is 5.75 Å². The van der Waals surface area contributed by atoms with E-state index < -0.39 is 0 Å². The van der Waals surface area contributed by atoms with Gasteiger partial charge in [0.05, 0.1) is 25.4 Å². The van der Waals surface area contributed by atoms with Crippen molar-refractivity contribution >= 4 is 5.91 Å². The second-order valence-corrected chi connectivity index (χ2v) is 4.08. The van der Waals surface area contributed by atoms with Crippen LogP contribution < -0.4 is 0 Å². The molecule has 0 fully saturated rings. The maximum absolute atomic E-state index is 11.8. The van der Waals surface area contributed by atoms with Gasteiger partial charge in [0.2, 0.25) is 0 Å². The van der Waals surface area contributed by atoms with Crippen LogP contribution in [0.4, 0.5) is 0 Å². The molecule has 6 heteroatoms. The molecule has 2 aromatic rings. The van der Waals surface area contributed by atoms with Crippen LogP contribution in [0.2, 0.25) is 0 Å². The van der Waals surface area contributed by atoms with E-state index in [9.17, 15) is 9.90 Å². The van der Waals surface area contributed by atoms with Gasteiger partial charge < -0.3 is 5.11 Å². The minimum atomic E-state index is -0.251. The highest BCUT2D eigenvalue weighted by molar-refractivity contribution is 5.92. The molecule has 0 aliphatic rings. The van der Waals surface area contributed by atoms with E-state index in [0.29, 0.717) is 12.1 Å². The van der Waals surface area contributed by atoms with E-state index in [0.717, 1.165) is 10.6 Å². The van der Waals surface area contributed by atoms with E-state index >= 15 is 0 Å². The third kappa shape index (κ3) is 3.11. The molecule has 0 aliphatic heterocycles. The fourth-order valence-corrected chi connectivity index (χ4v) is 1.61. The summed E-state index contributed by atoms with van der Waals surface area (Å²) >= 11 is 0. The van der Waals surface area contributed by atoms with E-state index in [2.05, 4.69) is 5.10 Å². The van der Waals surface area contributed by atoms with Gasteiger partial charge in [0.15, 0.2) is 0 Å². The Kier molecular flexibility index (Phi) is 3.82. The van der Waals surface area contributed by atoms with Gasteiger partial charge >= 0.3 is 0 Å². The van der Waals surface area contributed by atoms with Crippen molar-refractivity contribution in [3.05, 3.63) is 47.8 Å². The zero-order chi connectivity index (χ0) is 13.8. The number of phenolic OH excluding ortho intramolecular Hbond substituents is 1. The molecule has 0 bridgehead atoms. The summed E-state index contributed by atoms with van der Waals surface area (Å²) in [6.45, 7) is 0.532. The summed E-state index contributed by atoms with van der Waals surface area (Å²) in [4.78, 5) is 16.6. The second-order valence-electron chi connectivity index (χ2n) is 4.08. The Bertz CT molecular complexity index is 563. The highest BCUT2D eigenvalue weighted by Gasteiger charge is 2.13. The quantitative estimate of drug-likeness (QED) is 0.842. The number of hydrogen-bond donors (Lipinski definition) is 1. The summed E-state index contributed by atoms with van der Waals surface area (Å²) in [5.74, 6) is -0.0266. The van der Waals surface area contributed by atoms with E-state index in [-0.39, 0.29) is 11.7 Å². The maximum atomic E-state index is 11.8. The number of aromatic hydroxyl groups is 1. The lowest BCUT2D eigenvalue weighted by molar-refractivity contribution is -0.0757. The number of phenols is 1. The van der Waals surface area contributed by atoms with E-state index in [1.54, 1.807) is 42.2 Å². The molecular weight excluding hydrogens is 246 g/mol. The third-order valence-corrected chi connectivity index (χ3v) is 2.72. The molecule has 0 radical (unpaired) electrons. The van der Waals surface area contributed by atoms with Crippen molar-refractivity contribution in [3.8, 4) is 5.75 Å². The highest BCUT2D eigenvalue weighted by Crippen LogP contribution is 2.11. The van der Waals surface area contributed by atoms with Gasteiger partial charge in [-0.05, 0) is 17.7 Å². The molecular formula is C13H15N3O3. The number of rotatable bonds is 4. The summed E-state index contributed by atoms with van der Waals surface area (Å²) in [6, 6.07) is 6.84. The van der Waals surface area contributed by atoms with Gasteiger partial charge in [-0.15, -0.1) is 0 Å². The van der Waals surface area contributed by atoms with Crippen molar-refractivity contribution in [3.63, 3.8) is 0 Å². The lowest BCUT2D eigenvalue weighted by Crippen LogP contribution is -2.24. The van der Waals surface area contributed by atoms with Crippen LogP contribution in [0.15, 0.2) is 36.7 Å². The van der Waals surface area contributed by atoms with Crippen molar-refractivity contribution < 1.29 is 14.7 Å². The minimum absolute atomic E-state index is 0.224. The molecule has 0 spiro atoms. The highest BCUT2D eigenvalue weighted by atomic mass is 16.7. The van der Waals surface area contributed by atoms with Crippen LogP contribution in [-0.2, 0) is 11.4 Å². The summed E-state index contributed by atoms with van der Waals surface area (Å²) < 4.78 is 1.66. The molecule has 19 heavy (non-hydrogen) atoms. The van der Waals surface area contributed by atoms with Crippen LogP contribution in [-0.4, -0.2) is 40.0 Å². The number of aromatic nitrogens is 2. The molecule has 0 saturated heterocycles. The molecule has 0 atom stereocenters. The molecule has 1 aromatic heterocycles. The number of hydroxylamine groups is 2. The first-order valence-electron chi connectivity index (χ1n) is 5.72. The Morgan fingerprint density at radius 1 is 1.42 bits per heavy atom. The first-order valence-corrected chi connectivity index (χ1v) is 5.72. The predicted octanol–water partition coefficient (Wildman–Crippen LogP) is 1.27. The van der Waals surface area contributed by atoms with Gasteiger partial charge in [0, 0.05) is 13.2 Å². The van der Waals surface area contributed by atoms with Crippen molar-refractivity contribution in [2.24, 2.45) is 0 Å². The van der Waals surface area contributed by atoms with E-state index in [1.165, 1.54) is 13.3 Å². The van der Waals surface area contributed by atoms with Gasteiger partial charge in [-0.1, -0.05) is 12.1 Å². The van der Waals surface area contributed by atoms with Crippen LogP contribution in [0.3, 0.4) is 0 Å². The lowest BCUT2D eigenvalue weighted by atomic mass is 10.2. The number of nitrogens with zero attached hydrogens (tertiary/aromatic N) is 3. The van der Waals surface area contributed by atoms with E-state index in [1.807, 2.05) is 0 Å². The Hall–Kier alpha value is -2.34. The van der Waals surface area contributed by atoms with Crippen LogP contribution >= 0.6 is 0 Å². The Labute approximate surface area is 110 Å². The van der Waals surface area contributed by atoms with Crippen LogP contribution in [0.25, 0.3) is 0 Å². The number of carbonyl (C=O) groups is 1. The summed E-state index contributed by atoms with van der Waals surface area (Å²) in [5.41, 5.74) is 1.45. The zero-order valence-corrected chi connectivity index (χ0v) is 10.8. The average Bonchev–Trinajstić information content (AvgIpc) is 2.88. The zero-order valence-electron chi connectivity index (χ0n) is 10.8. The standard InChI is InChI=1S/C13H15N3O3/c1-15(19-2)13(18)11-7-14-16(9-11)8-10-3-5-12(17)6-4-10/h3-7,9,17H,8H2,1-2H3. The predicted molar refractivity (Wildman–Crippen MR) is 68.5 cm³/mol. The molecule has 1 aromatic carbocycles. The van der Waals surface area contributed by atoms with Crippen LogP contribution in [0.5, 0.6) is 5.75 Å². The van der Waals surface area contributed by atoms with Crippen molar-refractivity contribution in [2.45, 2.75) is 6.54 Å². The molecule has 1 N–H and O–H groups in total. The average molecular weight is 261 g/mol. The van der Waals surface area contributed by atoms with Gasteiger partial charge in [-0.25, -0.2) is 5.06 Å². The Morgan fingerprint density at radius 2 is 2.11 bits per heavy atom. The first kappa shape index (κ1) is 13.1. The van der Waals surface area contributed by atoms with Gasteiger partial charge in [-0.2, -0.15) is 5.10 Å². The van der Waals surface area contributed by atoms with Crippen molar-refractivity contribution in [1.82, 2.24) is 14.8 Å². The molecule has 0 saturated carbocycles. The maximum Gasteiger partial charge on any atom is 0.280 e. The monoisotopic (exact) mass is 261 g/mol. The number of carbonyl (C=O) groups excluding carboxylic acids is 1. The normalized spacial score (nSPS) is 10.4. The topological polar surface area (TPSA) is 67.6 Å². The Balaban J connectivity index is 2.09. The largest absolute Gasteiger partial charge is 0.508 e. The molecule has 6 nitrogen and oxygen atoms in total. The fraction of sp³-hybridized carbons (Fsp3) is 0.231. The van der Waals surface area contributed by atoms with Crippen LogP contribution in [0, 0.1) is 0 Å². The number of hydrogen-bond acceptors (Lipinski definition) is 4.